The minimum atomic E-state index is -0.419. The summed E-state index contributed by atoms with van der Waals surface area (Å²) in [7, 11) is 0. The Morgan fingerprint density at radius 3 is 2.62 bits per heavy atom. The molecule has 1 aromatic heterocycles. The van der Waals surface area contributed by atoms with Gasteiger partial charge in [0.1, 0.15) is 0 Å². The minimum Gasteiger partial charge on any atom is -0.381 e. The number of ether oxygens (including phenoxy) is 2. The summed E-state index contributed by atoms with van der Waals surface area (Å²) in [5, 5.41) is 5.25. The second kappa shape index (κ2) is 10.6. The van der Waals surface area contributed by atoms with Gasteiger partial charge in [0.05, 0.1) is 31.8 Å². The SMILES string of the molecule is Cc1ccc(N2C(=O)CC(C(=O)NCC(C3CCOC3)N3CCOCC3)C2c2cccs2)cc1. The zero-order valence-corrected chi connectivity index (χ0v) is 20.5. The van der Waals surface area contributed by atoms with Crippen LogP contribution < -0.4 is 10.2 Å². The average molecular weight is 484 g/mol. The quantitative estimate of drug-likeness (QED) is 0.656. The minimum absolute atomic E-state index is 0.00340. The number of carbonyl (C=O) groups is 2. The molecule has 0 radical (unpaired) electrons. The lowest BCUT2D eigenvalue weighted by molar-refractivity contribution is -0.127. The maximum Gasteiger partial charge on any atom is 0.228 e. The van der Waals surface area contributed by atoms with E-state index in [1.165, 1.54) is 0 Å². The van der Waals surface area contributed by atoms with Gasteiger partial charge in [-0.05, 0) is 36.9 Å². The highest BCUT2D eigenvalue weighted by Gasteiger charge is 2.46. The van der Waals surface area contributed by atoms with Gasteiger partial charge in [-0.25, -0.2) is 0 Å². The topological polar surface area (TPSA) is 71.1 Å². The average Bonchev–Trinajstić information content (AvgIpc) is 3.62. The van der Waals surface area contributed by atoms with Crippen molar-refractivity contribution in [3.63, 3.8) is 0 Å². The Kier molecular flexibility index (Phi) is 7.29. The molecule has 1 aromatic carbocycles. The molecule has 182 valence electrons. The molecule has 3 fully saturated rings. The van der Waals surface area contributed by atoms with Gasteiger partial charge < -0.3 is 19.7 Å². The van der Waals surface area contributed by atoms with Crippen molar-refractivity contribution < 1.29 is 19.1 Å². The van der Waals surface area contributed by atoms with Gasteiger partial charge in [0.2, 0.25) is 11.8 Å². The molecule has 4 atom stereocenters. The summed E-state index contributed by atoms with van der Waals surface area (Å²) in [4.78, 5) is 32.0. The number of morpholine rings is 1. The summed E-state index contributed by atoms with van der Waals surface area (Å²) in [6, 6.07) is 11.9. The van der Waals surface area contributed by atoms with Gasteiger partial charge >= 0.3 is 0 Å². The molecular weight excluding hydrogens is 450 g/mol. The summed E-state index contributed by atoms with van der Waals surface area (Å²) in [5.74, 6) is -0.0618. The van der Waals surface area contributed by atoms with Crippen LogP contribution in [-0.2, 0) is 19.1 Å². The summed E-state index contributed by atoms with van der Waals surface area (Å²) >= 11 is 1.60. The molecule has 1 N–H and O–H groups in total. The van der Waals surface area contributed by atoms with Crippen LogP contribution in [0.5, 0.6) is 0 Å². The molecule has 3 aliphatic heterocycles. The summed E-state index contributed by atoms with van der Waals surface area (Å²) in [5.41, 5.74) is 1.99. The molecule has 7 nitrogen and oxygen atoms in total. The van der Waals surface area contributed by atoms with Crippen LogP contribution in [-0.4, -0.2) is 68.8 Å². The van der Waals surface area contributed by atoms with E-state index < -0.39 is 5.92 Å². The molecule has 3 aliphatic rings. The Bertz CT molecular complexity index is 968. The standard InChI is InChI=1S/C26H33N3O4S/c1-18-4-6-20(7-5-18)29-24(30)15-21(25(29)23-3-2-14-34-23)26(31)27-16-22(19-8-11-33-17-19)28-9-12-32-13-10-28/h2-7,14,19,21-22,25H,8-13,15-17H2,1H3,(H,27,31). The number of nitrogens with zero attached hydrogens (tertiary/aromatic N) is 2. The molecule has 34 heavy (non-hydrogen) atoms. The molecular formula is C26H33N3O4S. The van der Waals surface area contributed by atoms with Gasteiger partial charge in [-0.15, -0.1) is 11.3 Å². The number of thiophene rings is 1. The second-order valence-corrected chi connectivity index (χ2v) is 10.4. The highest BCUT2D eigenvalue weighted by molar-refractivity contribution is 7.10. The molecule has 4 heterocycles. The Hall–Kier alpha value is -2.26. The lowest BCUT2D eigenvalue weighted by Gasteiger charge is -2.37. The Labute approximate surface area is 205 Å². The number of aryl methyl sites for hydroxylation is 1. The largest absolute Gasteiger partial charge is 0.381 e. The van der Waals surface area contributed by atoms with E-state index in [0.29, 0.717) is 12.5 Å². The van der Waals surface area contributed by atoms with Crippen LogP contribution in [0.2, 0.25) is 0 Å². The zero-order chi connectivity index (χ0) is 23.5. The van der Waals surface area contributed by atoms with Crippen LogP contribution in [0.25, 0.3) is 0 Å². The third-order valence-corrected chi connectivity index (χ3v) is 8.26. The monoisotopic (exact) mass is 483 g/mol. The van der Waals surface area contributed by atoms with Crippen LogP contribution >= 0.6 is 11.3 Å². The zero-order valence-electron chi connectivity index (χ0n) is 19.7. The van der Waals surface area contributed by atoms with Crippen LogP contribution in [0, 0.1) is 18.8 Å². The number of amides is 2. The molecule has 2 aromatic rings. The predicted octanol–water partition coefficient (Wildman–Crippen LogP) is 3.00. The number of hydrogen-bond acceptors (Lipinski definition) is 6. The first kappa shape index (κ1) is 23.5. The van der Waals surface area contributed by atoms with Crippen molar-refractivity contribution in [2.45, 2.75) is 31.8 Å². The van der Waals surface area contributed by atoms with E-state index in [0.717, 1.165) is 62.1 Å². The summed E-state index contributed by atoms with van der Waals surface area (Å²) in [6.07, 6.45) is 1.23. The maximum absolute atomic E-state index is 13.6. The molecule has 0 spiro atoms. The van der Waals surface area contributed by atoms with E-state index >= 15 is 0 Å². The number of benzene rings is 1. The number of nitrogens with one attached hydrogen (secondary N) is 1. The van der Waals surface area contributed by atoms with Crippen LogP contribution in [0.15, 0.2) is 41.8 Å². The van der Waals surface area contributed by atoms with Crippen molar-refractivity contribution in [2.75, 3.05) is 51.0 Å². The fraction of sp³-hybridized carbons (Fsp3) is 0.538. The van der Waals surface area contributed by atoms with E-state index in [4.69, 9.17) is 9.47 Å². The molecule has 4 unspecified atom stereocenters. The van der Waals surface area contributed by atoms with Gasteiger partial charge in [-0.3, -0.25) is 14.5 Å². The van der Waals surface area contributed by atoms with Crippen molar-refractivity contribution >= 4 is 28.8 Å². The first-order chi connectivity index (χ1) is 16.6. The van der Waals surface area contributed by atoms with E-state index in [1.807, 2.05) is 53.6 Å². The number of rotatable bonds is 7. The fourth-order valence-corrected chi connectivity index (χ4v) is 6.34. The van der Waals surface area contributed by atoms with Crippen LogP contribution in [0.3, 0.4) is 0 Å². The lowest BCUT2D eigenvalue weighted by atomic mass is 9.95. The van der Waals surface area contributed by atoms with Gasteiger partial charge in [0, 0.05) is 55.2 Å². The van der Waals surface area contributed by atoms with Crippen molar-refractivity contribution in [1.82, 2.24) is 10.2 Å². The number of carbonyl (C=O) groups excluding carboxylic acids is 2. The third-order valence-electron chi connectivity index (χ3n) is 7.32. The predicted molar refractivity (Wildman–Crippen MR) is 132 cm³/mol. The van der Waals surface area contributed by atoms with Crippen molar-refractivity contribution in [2.24, 2.45) is 11.8 Å². The molecule has 0 aliphatic carbocycles. The maximum atomic E-state index is 13.6. The molecule has 0 bridgehead atoms. The normalized spacial score (nSPS) is 26.7. The molecule has 0 saturated carbocycles. The van der Waals surface area contributed by atoms with E-state index in [1.54, 1.807) is 11.3 Å². The number of hydrogen-bond donors (Lipinski definition) is 1. The van der Waals surface area contributed by atoms with Gasteiger partial charge in [-0.1, -0.05) is 23.8 Å². The first-order valence-corrected chi connectivity index (χ1v) is 13.1. The fourth-order valence-electron chi connectivity index (χ4n) is 5.46. The second-order valence-electron chi connectivity index (χ2n) is 9.45. The Morgan fingerprint density at radius 1 is 1.15 bits per heavy atom. The summed E-state index contributed by atoms with van der Waals surface area (Å²) < 4.78 is 11.2. The van der Waals surface area contributed by atoms with Gasteiger partial charge in [0.15, 0.2) is 0 Å². The highest BCUT2D eigenvalue weighted by atomic mass is 32.1. The lowest BCUT2D eigenvalue weighted by Crippen LogP contribution is -2.53. The van der Waals surface area contributed by atoms with Gasteiger partial charge in [0.25, 0.3) is 0 Å². The summed E-state index contributed by atoms with van der Waals surface area (Å²) in [6.45, 7) is 7.31. The highest BCUT2D eigenvalue weighted by Crippen LogP contribution is 2.43. The molecule has 2 amide bonds. The van der Waals surface area contributed by atoms with Crippen molar-refractivity contribution in [3.05, 3.63) is 52.2 Å². The third kappa shape index (κ3) is 4.91. The van der Waals surface area contributed by atoms with Crippen molar-refractivity contribution in [1.29, 1.82) is 0 Å². The van der Waals surface area contributed by atoms with Crippen molar-refractivity contribution in [3.8, 4) is 0 Å². The molecule has 3 saturated heterocycles. The van der Waals surface area contributed by atoms with Crippen LogP contribution in [0.4, 0.5) is 5.69 Å². The Balaban J connectivity index is 1.34. The number of anilines is 1. The van der Waals surface area contributed by atoms with Gasteiger partial charge in [-0.2, -0.15) is 0 Å². The Morgan fingerprint density at radius 2 is 1.94 bits per heavy atom. The molecule has 5 rings (SSSR count). The van der Waals surface area contributed by atoms with E-state index in [2.05, 4.69) is 10.2 Å². The first-order valence-electron chi connectivity index (χ1n) is 12.2. The van der Waals surface area contributed by atoms with E-state index in [-0.39, 0.29) is 30.3 Å². The van der Waals surface area contributed by atoms with E-state index in [9.17, 15) is 9.59 Å². The van der Waals surface area contributed by atoms with Crippen LogP contribution in [0.1, 0.15) is 29.3 Å². The molecule has 8 heteroatoms. The smallest absolute Gasteiger partial charge is 0.228 e.